The molecule has 0 aliphatic heterocycles. The largest absolute Gasteiger partial charge is 0.383 e. The topological polar surface area (TPSA) is 72.9 Å². The first-order valence-electron chi connectivity index (χ1n) is 10.0. The number of nitrogen functional groups attached to an aromatic ring is 1. The molecular formula is C22H26ClFN4O. The molecule has 5 nitrogen and oxygen atoms in total. The predicted molar refractivity (Wildman–Crippen MR) is 113 cm³/mol. The maximum Gasteiger partial charge on any atom is 0.261 e. The number of benzene rings is 1. The molecule has 3 atom stereocenters. The van der Waals surface area contributed by atoms with Crippen LogP contribution < -0.4 is 11.1 Å². The Hall–Kier alpha value is -2.34. The molecule has 1 aromatic heterocycles. The fourth-order valence-electron chi connectivity index (χ4n) is 4.74. The number of halogens is 2. The molecule has 0 saturated heterocycles. The standard InChI is InChI=1S/C22H26ClFN4O/c1-11(2)12-6-13-8-15(9-14(13)7-12)20-19(21(25)28(3)27-20)22(29)26-16-4-5-18(24)17(23)10-16/h4-6,10-11,13-15H,7-9,25H2,1-3H3,(H,26,29). The van der Waals surface area contributed by atoms with E-state index >= 15 is 0 Å². The van der Waals surface area contributed by atoms with Crippen molar-refractivity contribution in [3.8, 4) is 0 Å². The average Bonchev–Trinajstić information content (AvgIpc) is 3.30. The fourth-order valence-corrected chi connectivity index (χ4v) is 4.92. The van der Waals surface area contributed by atoms with Gasteiger partial charge in [-0.1, -0.05) is 37.1 Å². The van der Waals surface area contributed by atoms with Crippen molar-refractivity contribution in [3.05, 3.63) is 51.9 Å². The molecule has 7 heteroatoms. The number of hydrogen-bond acceptors (Lipinski definition) is 3. The van der Waals surface area contributed by atoms with E-state index in [-0.39, 0.29) is 16.8 Å². The van der Waals surface area contributed by atoms with Crippen LogP contribution >= 0.6 is 11.6 Å². The Kier molecular flexibility index (Phi) is 5.15. The maximum atomic E-state index is 13.4. The summed E-state index contributed by atoms with van der Waals surface area (Å²) in [6, 6.07) is 4.09. The van der Waals surface area contributed by atoms with Crippen LogP contribution in [0.15, 0.2) is 29.8 Å². The number of carbonyl (C=O) groups excluding carboxylic acids is 1. The van der Waals surface area contributed by atoms with E-state index in [1.54, 1.807) is 17.3 Å². The second-order valence-corrected chi connectivity index (χ2v) is 8.95. The zero-order valence-corrected chi connectivity index (χ0v) is 17.6. The van der Waals surface area contributed by atoms with E-state index in [4.69, 9.17) is 17.3 Å². The molecule has 2 aliphatic rings. The van der Waals surface area contributed by atoms with Crippen LogP contribution in [0.25, 0.3) is 0 Å². The van der Waals surface area contributed by atoms with E-state index in [2.05, 4.69) is 30.3 Å². The van der Waals surface area contributed by atoms with Crippen molar-refractivity contribution in [2.75, 3.05) is 11.1 Å². The highest BCUT2D eigenvalue weighted by atomic mass is 35.5. The maximum absolute atomic E-state index is 13.4. The van der Waals surface area contributed by atoms with Crippen LogP contribution in [0.4, 0.5) is 15.9 Å². The lowest BCUT2D eigenvalue weighted by atomic mass is 9.93. The number of nitrogens with zero attached hydrogens (tertiary/aromatic N) is 2. The van der Waals surface area contributed by atoms with Crippen molar-refractivity contribution in [1.29, 1.82) is 0 Å². The SMILES string of the molecule is CC(C)C1=CC2CC(c3nn(C)c(N)c3C(=O)Nc3ccc(F)c(Cl)c3)CC2C1. The third-order valence-corrected chi connectivity index (χ3v) is 6.62. The van der Waals surface area contributed by atoms with Crippen LogP contribution in [0.5, 0.6) is 0 Å². The number of allylic oxidation sites excluding steroid dienone is 2. The molecule has 0 radical (unpaired) electrons. The number of aromatic nitrogens is 2. The molecular weight excluding hydrogens is 391 g/mol. The molecule has 1 fully saturated rings. The third-order valence-electron chi connectivity index (χ3n) is 6.33. The second-order valence-electron chi connectivity index (χ2n) is 8.54. The highest BCUT2D eigenvalue weighted by Crippen LogP contribution is 2.51. The highest BCUT2D eigenvalue weighted by Gasteiger charge is 2.41. The van der Waals surface area contributed by atoms with E-state index in [1.165, 1.54) is 18.2 Å². The number of amides is 1. The molecule has 4 rings (SSSR count). The van der Waals surface area contributed by atoms with Crippen molar-refractivity contribution < 1.29 is 9.18 Å². The van der Waals surface area contributed by atoms with Crippen molar-refractivity contribution in [1.82, 2.24) is 9.78 Å². The molecule has 1 saturated carbocycles. The van der Waals surface area contributed by atoms with Crippen LogP contribution in [0.3, 0.4) is 0 Å². The molecule has 1 heterocycles. The second kappa shape index (κ2) is 7.48. The van der Waals surface area contributed by atoms with E-state index in [0.29, 0.717) is 34.8 Å². The van der Waals surface area contributed by atoms with Crippen molar-refractivity contribution >= 4 is 29.0 Å². The minimum absolute atomic E-state index is 0.0430. The molecule has 2 aromatic rings. The van der Waals surface area contributed by atoms with Crippen LogP contribution in [-0.4, -0.2) is 15.7 Å². The monoisotopic (exact) mass is 416 g/mol. The summed E-state index contributed by atoms with van der Waals surface area (Å²) in [6.45, 7) is 4.49. The fraction of sp³-hybridized carbons (Fsp3) is 0.455. The molecule has 1 amide bonds. The van der Waals surface area contributed by atoms with Gasteiger partial charge in [-0.3, -0.25) is 9.48 Å². The van der Waals surface area contributed by atoms with Crippen LogP contribution in [-0.2, 0) is 7.05 Å². The summed E-state index contributed by atoms with van der Waals surface area (Å²) in [6.07, 6.45) is 5.56. The average molecular weight is 417 g/mol. The van der Waals surface area contributed by atoms with Gasteiger partial charge in [0.15, 0.2) is 0 Å². The number of fused-ring (bicyclic) bond motifs is 1. The van der Waals surface area contributed by atoms with Gasteiger partial charge in [0.2, 0.25) is 0 Å². The molecule has 2 aliphatic carbocycles. The zero-order chi connectivity index (χ0) is 20.9. The van der Waals surface area contributed by atoms with Gasteiger partial charge < -0.3 is 11.1 Å². The summed E-state index contributed by atoms with van der Waals surface area (Å²) in [5.41, 5.74) is 9.33. The minimum Gasteiger partial charge on any atom is -0.383 e. The van der Waals surface area contributed by atoms with Crippen molar-refractivity contribution in [3.63, 3.8) is 0 Å². The lowest BCUT2D eigenvalue weighted by Crippen LogP contribution is -2.16. The Morgan fingerprint density at radius 2 is 2.14 bits per heavy atom. The first kappa shape index (κ1) is 20.0. The van der Waals surface area contributed by atoms with Gasteiger partial charge in [-0.15, -0.1) is 0 Å². The quantitative estimate of drug-likeness (QED) is 0.677. The summed E-state index contributed by atoms with van der Waals surface area (Å²) in [4.78, 5) is 13.0. The normalized spacial score (nSPS) is 23.4. The van der Waals surface area contributed by atoms with E-state index < -0.39 is 5.82 Å². The molecule has 29 heavy (non-hydrogen) atoms. The number of carbonyl (C=O) groups is 1. The summed E-state index contributed by atoms with van der Waals surface area (Å²) >= 11 is 5.83. The van der Waals surface area contributed by atoms with Crippen LogP contribution in [0.2, 0.25) is 5.02 Å². The highest BCUT2D eigenvalue weighted by molar-refractivity contribution is 6.31. The summed E-state index contributed by atoms with van der Waals surface area (Å²) in [5.74, 6) is 1.42. The number of hydrogen-bond donors (Lipinski definition) is 2. The summed E-state index contributed by atoms with van der Waals surface area (Å²) in [5, 5.41) is 7.33. The molecule has 1 aromatic carbocycles. The summed E-state index contributed by atoms with van der Waals surface area (Å²) in [7, 11) is 1.75. The van der Waals surface area contributed by atoms with Crippen LogP contribution in [0, 0.1) is 23.6 Å². The van der Waals surface area contributed by atoms with Gasteiger partial charge in [-0.05, 0) is 55.2 Å². The van der Waals surface area contributed by atoms with Gasteiger partial charge >= 0.3 is 0 Å². The molecule has 0 bridgehead atoms. The molecule has 3 N–H and O–H groups in total. The Balaban J connectivity index is 1.58. The van der Waals surface area contributed by atoms with Gasteiger partial charge in [0.1, 0.15) is 17.2 Å². The zero-order valence-electron chi connectivity index (χ0n) is 16.9. The van der Waals surface area contributed by atoms with E-state index in [9.17, 15) is 9.18 Å². The van der Waals surface area contributed by atoms with Gasteiger partial charge in [-0.2, -0.15) is 5.10 Å². The number of nitrogens with two attached hydrogens (primary N) is 1. The lowest BCUT2D eigenvalue weighted by molar-refractivity contribution is 0.102. The Morgan fingerprint density at radius 1 is 1.38 bits per heavy atom. The Morgan fingerprint density at radius 3 is 2.79 bits per heavy atom. The van der Waals surface area contributed by atoms with Gasteiger partial charge in [0.25, 0.3) is 5.91 Å². The number of nitrogens with one attached hydrogen (secondary N) is 1. The van der Waals surface area contributed by atoms with Crippen molar-refractivity contribution in [2.45, 2.75) is 39.0 Å². The number of aryl methyl sites for hydroxylation is 1. The van der Waals surface area contributed by atoms with Crippen molar-refractivity contribution in [2.24, 2.45) is 24.8 Å². The minimum atomic E-state index is -0.530. The lowest BCUT2D eigenvalue weighted by Gasteiger charge is -2.13. The van der Waals surface area contributed by atoms with Gasteiger partial charge in [-0.25, -0.2) is 4.39 Å². The molecule has 3 unspecified atom stereocenters. The Labute approximate surface area is 175 Å². The van der Waals surface area contributed by atoms with E-state index in [0.717, 1.165) is 25.0 Å². The smallest absolute Gasteiger partial charge is 0.261 e. The predicted octanol–water partition coefficient (Wildman–Crippen LogP) is 5.14. The molecule has 154 valence electrons. The van der Waals surface area contributed by atoms with E-state index in [1.807, 2.05) is 0 Å². The first-order valence-corrected chi connectivity index (χ1v) is 10.4. The first-order chi connectivity index (χ1) is 13.7. The number of rotatable bonds is 4. The van der Waals surface area contributed by atoms with Gasteiger partial charge in [0.05, 0.1) is 10.7 Å². The molecule has 0 spiro atoms. The Bertz CT molecular complexity index is 997. The third kappa shape index (κ3) is 3.66. The van der Waals surface area contributed by atoms with Gasteiger partial charge in [0, 0.05) is 18.7 Å². The summed E-state index contributed by atoms with van der Waals surface area (Å²) < 4.78 is 15.0. The number of anilines is 2. The van der Waals surface area contributed by atoms with Crippen LogP contribution in [0.1, 0.15) is 55.1 Å².